The van der Waals surface area contributed by atoms with Gasteiger partial charge < -0.3 is 19.7 Å². The molecule has 27 heavy (non-hydrogen) atoms. The van der Waals surface area contributed by atoms with Gasteiger partial charge in [0.05, 0.1) is 12.3 Å². The Morgan fingerprint density at radius 3 is 2.52 bits per heavy atom. The van der Waals surface area contributed by atoms with Crippen molar-refractivity contribution in [2.24, 2.45) is 0 Å². The zero-order valence-electron chi connectivity index (χ0n) is 15.9. The Hall–Kier alpha value is -2.22. The van der Waals surface area contributed by atoms with E-state index >= 15 is 0 Å². The normalized spacial score (nSPS) is 15.1. The van der Waals surface area contributed by atoms with Crippen molar-refractivity contribution < 1.29 is 23.9 Å². The number of amides is 2. The fourth-order valence-electron chi connectivity index (χ4n) is 2.42. The van der Waals surface area contributed by atoms with E-state index in [1.165, 1.54) is 0 Å². The van der Waals surface area contributed by atoms with Crippen LogP contribution < -0.4 is 5.32 Å². The number of thioether (sulfide) groups is 1. The monoisotopic (exact) mass is 394 g/mol. The van der Waals surface area contributed by atoms with E-state index in [4.69, 9.17) is 9.47 Å². The molecule has 1 aromatic rings. The lowest BCUT2D eigenvalue weighted by Gasteiger charge is -2.25. The zero-order valence-corrected chi connectivity index (χ0v) is 16.7. The van der Waals surface area contributed by atoms with Crippen LogP contribution in [0.25, 0.3) is 0 Å². The van der Waals surface area contributed by atoms with Gasteiger partial charge in [0.25, 0.3) is 0 Å². The zero-order chi connectivity index (χ0) is 19.9. The van der Waals surface area contributed by atoms with Gasteiger partial charge in [-0.3, -0.25) is 9.59 Å². The third-order valence-corrected chi connectivity index (χ3v) is 4.63. The molecule has 0 saturated carbocycles. The van der Waals surface area contributed by atoms with Crippen molar-refractivity contribution in [3.8, 4) is 0 Å². The van der Waals surface area contributed by atoms with Gasteiger partial charge in [-0.2, -0.15) is 0 Å². The number of hydrogen-bond donors (Lipinski definition) is 1. The average Bonchev–Trinajstić information content (AvgIpc) is 3.12. The van der Waals surface area contributed by atoms with Gasteiger partial charge in [0.1, 0.15) is 18.2 Å². The van der Waals surface area contributed by atoms with E-state index < -0.39 is 23.7 Å². The molecule has 1 fully saturated rings. The van der Waals surface area contributed by atoms with Crippen LogP contribution in [-0.4, -0.2) is 52.7 Å². The summed E-state index contributed by atoms with van der Waals surface area (Å²) in [6.07, 6.45) is -0.977. The Balaban J connectivity index is 1.96. The molecule has 1 saturated heterocycles. The summed E-state index contributed by atoms with van der Waals surface area (Å²) in [6.45, 7) is 5.90. The number of rotatable bonds is 6. The molecule has 1 aromatic carbocycles. The van der Waals surface area contributed by atoms with Crippen LogP contribution in [0, 0.1) is 0 Å². The topological polar surface area (TPSA) is 84.9 Å². The molecule has 1 aliphatic heterocycles. The largest absolute Gasteiger partial charge is 0.461 e. The highest BCUT2D eigenvalue weighted by Gasteiger charge is 2.31. The van der Waals surface area contributed by atoms with Crippen LogP contribution in [-0.2, 0) is 25.7 Å². The second-order valence-electron chi connectivity index (χ2n) is 7.19. The lowest BCUT2D eigenvalue weighted by molar-refractivity contribution is -0.148. The Labute approximate surface area is 163 Å². The second kappa shape index (κ2) is 9.64. The number of carbonyl (C=O) groups excluding carboxylic acids is 3. The first kappa shape index (κ1) is 21.1. The number of alkyl carbamates (subject to hydrolysis) is 1. The average molecular weight is 394 g/mol. The first-order valence-electron chi connectivity index (χ1n) is 8.80. The molecular formula is C19H26N2O5S. The fraction of sp³-hybridized carbons (Fsp3) is 0.526. The third-order valence-electron chi connectivity index (χ3n) is 3.67. The maximum Gasteiger partial charge on any atom is 0.408 e. The second-order valence-corrected chi connectivity index (χ2v) is 8.26. The van der Waals surface area contributed by atoms with Crippen molar-refractivity contribution in [3.05, 3.63) is 35.9 Å². The van der Waals surface area contributed by atoms with Crippen molar-refractivity contribution >= 4 is 29.7 Å². The molecular weight excluding hydrogens is 368 g/mol. The smallest absolute Gasteiger partial charge is 0.408 e. The summed E-state index contributed by atoms with van der Waals surface area (Å²) in [5.74, 6) is 0.524. The quantitative estimate of drug-likeness (QED) is 0.747. The molecule has 0 bridgehead atoms. The Morgan fingerprint density at radius 2 is 1.93 bits per heavy atom. The SMILES string of the molecule is CC(C)(C)OC(=O)NC(CC(=O)OCc1ccccc1)C(=O)N1CCSC1. The Bertz CT molecular complexity index is 654. The molecule has 0 radical (unpaired) electrons. The van der Waals surface area contributed by atoms with Gasteiger partial charge in [-0.15, -0.1) is 11.8 Å². The van der Waals surface area contributed by atoms with E-state index in [1.54, 1.807) is 37.4 Å². The predicted octanol–water partition coefficient (Wildman–Crippen LogP) is 2.55. The van der Waals surface area contributed by atoms with Gasteiger partial charge in [-0.25, -0.2) is 4.79 Å². The highest BCUT2D eigenvalue weighted by molar-refractivity contribution is 7.99. The molecule has 0 aromatic heterocycles. The van der Waals surface area contributed by atoms with E-state index in [0.29, 0.717) is 12.4 Å². The van der Waals surface area contributed by atoms with Crippen LogP contribution in [0.15, 0.2) is 30.3 Å². The molecule has 148 valence electrons. The molecule has 8 heteroatoms. The summed E-state index contributed by atoms with van der Waals surface area (Å²) >= 11 is 1.63. The minimum absolute atomic E-state index is 0.118. The van der Waals surface area contributed by atoms with Crippen LogP contribution in [0.5, 0.6) is 0 Å². The molecule has 0 aliphatic carbocycles. The first-order valence-corrected chi connectivity index (χ1v) is 9.95. The minimum Gasteiger partial charge on any atom is -0.461 e. The number of benzene rings is 1. The molecule has 7 nitrogen and oxygen atoms in total. The van der Waals surface area contributed by atoms with Gasteiger partial charge in [0, 0.05) is 12.3 Å². The van der Waals surface area contributed by atoms with Crippen molar-refractivity contribution in [1.82, 2.24) is 10.2 Å². The molecule has 2 amide bonds. The number of hydrogen-bond acceptors (Lipinski definition) is 6. The standard InChI is InChI=1S/C19H26N2O5S/c1-19(2,3)26-18(24)20-15(17(23)21-9-10-27-13-21)11-16(22)25-12-14-7-5-4-6-8-14/h4-8,15H,9-13H2,1-3H3,(H,20,24). The maximum atomic E-state index is 12.7. The first-order chi connectivity index (χ1) is 12.7. The lowest BCUT2D eigenvalue weighted by Crippen LogP contribution is -2.50. The highest BCUT2D eigenvalue weighted by Crippen LogP contribution is 2.16. The molecule has 2 rings (SSSR count). The predicted molar refractivity (Wildman–Crippen MR) is 103 cm³/mol. The number of ether oxygens (including phenoxy) is 2. The van der Waals surface area contributed by atoms with Gasteiger partial charge in [0.2, 0.25) is 5.91 Å². The van der Waals surface area contributed by atoms with Crippen molar-refractivity contribution in [1.29, 1.82) is 0 Å². The van der Waals surface area contributed by atoms with Crippen molar-refractivity contribution in [2.45, 2.75) is 45.4 Å². The molecule has 1 aliphatic rings. The number of nitrogens with zero attached hydrogens (tertiary/aromatic N) is 1. The fourth-order valence-corrected chi connectivity index (χ4v) is 3.38. The maximum absolute atomic E-state index is 12.7. The third kappa shape index (κ3) is 7.50. The summed E-state index contributed by atoms with van der Waals surface area (Å²) in [4.78, 5) is 38.6. The van der Waals surface area contributed by atoms with E-state index in [-0.39, 0.29) is 18.9 Å². The molecule has 0 spiro atoms. The van der Waals surface area contributed by atoms with Gasteiger partial charge in [-0.05, 0) is 26.3 Å². The van der Waals surface area contributed by atoms with Crippen LogP contribution in [0.3, 0.4) is 0 Å². The van der Waals surface area contributed by atoms with Crippen LogP contribution in [0.2, 0.25) is 0 Å². The summed E-state index contributed by atoms with van der Waals surface area (Å²) in [5, 5.41) is 2.52. The van der Waals surface area contributed by atoms with E-state index in [1.807, 2.05) is 30.3 Å². The van der Waals surface area contributed by atoms with E-state index in [9.17, 15) is 14.4 Å². The number of carbonyl (C=O) groups is 3. The van der Waals surface area contributed by atoms with E-state index in [2.05, 4.69) is 5.32 Å². The highest BCUT2D eigenvalue weighted by atomic mass is 32.2. The minimum atomic E-state index is -1.01. The van der Waals surface area contributed by atoms with Gasteiger partial charge in [-0.1, -0.05) is 30.3 Å². The van der Waals surface area contributed by atoms with Crippen molar-refractivity contribution in [2.75, 3.05) is 18.2 Å². The summed E-state index contributed by atoms with van der Waals surface area (Å²) < 4.78 is 10.5. The lowest BCUT2D eigenvalue weighted by atomic mass is 10.1. The summed E-state index contributed by atoms with van der Waals surface area (Å²) in [5.41, 5.74) is 0.152. The number of nitrogens with one attached hydrogen (secondary N) is 1. The molecule has 1 unspecified atom stereocenters. The molecule has 1 N–H and O–H groups in total. The molecule has 1 atom stereocenters. The van der Waals surface area contributed by atoms with Crippen LogP contribution in [0.1, 0.15) is 32.8 Å². The Morgan fingerprint density at radius 1 is 1.22 bits per heavy atom. The van der Waals surface area contributed by atoms with Crippen LogP contribution >= 0.6 is 11.8 Å². The van der Waals surface area contributed by atoms with Crippen molar-refractivity contribution in [3.63, 3.8) is 0 Å². The van der Waals surface area contributed by atoms with E-state index in [0.717, 1.165) is 11.3 Å². The summed E-state index contributed by atoms with van der Waals surface area (Å²) in [7, 11) is 0. The number of esters is 1. The van der Waals surface area contributed by atoms with Crippen LogP contribution in [0.4, 0.5) is 4.79 Å². The summed E-state index contributed by atoms with van der Waals surface area (Å²) in [6, 6.07) is 8.25. The molecule has 1 heterocycles. The Kier molecular flexibility index (Phi) is 7.53. The van der Waals surface area contributed by atoms with Gasteiger partial charge in [0.15, 0.2) is 0 Å². The van der Waals surface area contributed by atoms with Gasteiger partial charge >= 0.3 is 12.1 Å².